The van der Waals surface area contributed by atoms with E-state index >= 15 is 0 Å². The van der Waals surface area contributed by atoms with Gasteiger partial charge in [0, 0.05) is 34.9 Å². The summed E-state index contributed by atoms with van der Waals surface area (Å²) in [6.07, 6.45) is 1.66. The lowest BCUT2D eigenvalue weighted by Crippen LogP contribution is -2.33. The Morgan fingerprint density at radius 2 is 1.70 bits per heavy atom. The molecule has 0 saturated heterocycles. The van der Waals surface area contributed by atoms with Crippen LogP contribution in [0.5, 0.6) is 5.75 Å². The molecular weight excluding hydrogens is 440 g/mol. The van der Waals surface area contributed by atoms with Crippen LogP contribution in [0.15, 0.2) is 59.5 Å². The highest BCUT2D eigenvalue weighted by Gasteiger charge is 2.17. The molecule has 0 aliphatic rings. The molecule has 7 nitrogen and oxygen atoms in total. The Morgan fingerprint density at radius 3 is 2.36 bits per heavy atom. The number of benzene rings is 2. The van der Waals surface area contributed by atoms with Crippen molar-refractivity contribution in [2.45, 2.75) is 33.5 Å². The second-order valence-electron chi connectivity index (χ2n) is 7.90. The largest absolute Gasteiger partial charge is 0.497 e. The quantitative estimate of drug-likeness (QED) is 0.450. The van der Waals surface area contributed by atoms with Gasteiger partial charge in [-0.3, -0.25) is 9.59 Å². The van der Waals surface area contributed by atoms with E-state index < -0.39 is 0 Å². The fraction of sp³-hybridized carbons (Fsp3) is 0.240. The van der Waals surface area contributed by atoms with Crippen molar-refractivity contribution < 1.29 is 9.53 Å². The first kappa shape index (κ1) is 22.6. The Hall–Kier alpha value is -3.58. The lowest BCUT2D eigenvalue weighted by atomic mass is 10.2. The SMILES string of the molecule is COc1ccc(CNC(=O)Cn2ncc3c(C)n(Cc4ccc(Cl)cc4)c(C)c3c2=O)cc1. The Kier molecular flexibility index (Phi) is 6.51. The van der Waals surface area contributed by atoms with Crippen molar-refractivity contribution in [3.63, 3.8) is 0 Å². The number of amides is 1. The molecule has 1 N–H and O–H groups in total. The highest BCUT2D eigenvalue weighted by Crippen LogP contribution is 2.23. The molecule has 0 bridgehead atoms. The van der Waals surface area contributed by atoms with Crippen LogP contribution in [0.1, 0.15) is 22.5 Å². The van der Waals surface area contributed by atoms with Crippen molar-refractivity contribution in [3.05, 3.63) is 92.6 Å². The number of halogens is 1. The average Bonchev–Trinajstić information content (AvgIpc) is 3.06. The maximum atomic E-state index is 13.2. The molecule has 0 unspecified atom stereocenters. The van der Waals surface area contributed by atoms with Crippen LogP contribution < -0.4 is 15.6 Å². The van der Waals surface area contributed by atoms with Gasteiger partial charge in [-0.15, -0.1) is 0 Å². The summed E-state index contributed by atoms with van der Waals surface area (Å²) in [5.74, 6) is 0.470. The first-order valence-electron chi connectivity index (χ1n) is 10.6. The van der Waals surface area contributed by atoms with Gasteiger partial charge >= 0.3 is 0 Å². The molecule has 0 spiro atoms. The molecule has 0 aliphatic heterocycles. The monoisotopic (exact) mass is 464 g/mol. The van der Waals surface area contributed by atoms with E-state index in [1.54, 1.807) is 13.3 Å². The number of nitrogens with zero attached hydrogens (tertiary/aromatic N) is 3. The summed E-state index contributed by atoms with van der Waals surface area (Å²) in [5.41, 5.74) is 3.54. The molecule has 0 atom stereocenters. The van der Waals surface area contributed by atoms with Gasteiger partial charge in [-0.2, -0.15) is 5.10 Å². The number of hydrogen-bond acceptors (Lipinski definition) is 4. The van der Waals surface area contributed by atoms with Crippen molar-refractivity contribution in [3.8, 4) is 5.75 Å². The van der Waals surface area contributed by atoms with Gasteiger partial charge < -0.3 is 14.6 Å². The fourth-order valence-corrected chi connectivity index (χ4v) is 4.03. The van der Waals surface area contributed by atoms with Crippen molar-refractivity contribution >= 4 is 28.3 Å². The molecule has 170 valence electrons. The smallest absolute Gasteiger partial charge is 0.276 e. The summed E-state index contributed by atoms with van der Waals surface area (Å²) in [5, 5.41) is 9.15. The van der Waals surface area contributed by atoms with Crippen LogP contribution >= 0.6 is 11.6 Å². The number of fused-ring (bicyclic) bond motifs is 1. The number of aromatic nitrogens is 3. The summed E-state index contributed by atoms with van der Waals surface area (Å²) < 4.78 is 8.44. The summed E-state index contributed by atoms with van der Waals surface area (Å²) in [6.45, 7) is 4.71. The van der Waals surface area contributed by atoms with Gasteiger partial charge in [0.2, 0.25) is 5.91 Å². The van der Waals surface area contributed by atoms with Crippen molar-refractivity contribution in [1.29, 1.82) is 0 Å². The van der Waals surface area contributed by atoms with Crippen LogP contribution in [0.25, 0.3) is 10.8 Å². The Bertz CT molecular complexity index is 1360. The number of methoxy groups -OCH3 is 1. The molecule has 1 amide bonds. The minimum absolute atomic E-state index is 0.147. The van der Waals surface area contributed by atoms with Gasteiger partial charge in [-0.05, 0) is 49.2 Å². The molecule has 2 aromatic heterocycles. The number of carbonyl (C=O) groups excluding carboxylic acids is 1. The average molecular weight is 465 g/mol. The second kappa shape index (κ2) is 9.50. The minimum Gasteiger partial charge on any atom is -0.497 e. The van der Waals surface area contributed by atoms with E-state index in [1.165, 1.54) is 4.68 Å². The van der Waals surface area contributed by atoms with E-state index in [9.17, 15) is 9.59 Å². The first-order valence-corrected chi connectivity index (χ1v) is 10.9. The molecule has 4 rings (SSSR count). The molecule has 8 heteroatoms. The highest BCUT2D eigenvalue weighted by molar-refractivity contribution is 6.30. The zero-order valence-electron chi connectivity index (χ0n) is 18.8. The van der Waals surface area contributed by atoms with Crippen LogP contribution in [0, 0.1) is 13.8 Å². The Labute approximate surface area is 196 Å². The molecule has 33 heavy (non-hydrogen) atoms. The predicted molar refractivity (Wildman–Crippen MR) is 129 cm³/mol. The fourth-order valence-electron chi connectivity index (χ4n) is 3.90. The van der Waals surface area contributed by atoms with Crippen LogP contribution in [0.3, 0.4) is 0 Å². The first-order chi connectivity index (χ1) is 15.9. The van der Waals surface area contributed by atoms with Gasteiger partial charge in [-0.25, -0.2) is 4.68 Å². The number of nitrogens with one attached hydrogen (secondary N) is 1. The third kappa shape index (κ3) is 4.78. The highest BCUT2D eigenvalue weighted by atomic mass is 35.5. The van der Waals surface area contributed by atoms with Gasteiger partial charge in [-0.1, -0.05) is 35.9 Å². The predicted octanol–water partition coefficient (Wildman–Crippen LogP) is 3.84. The summed E-state index contributed by atoms with van der Waals surface area (Å²) in [6, 6.07) is 15.1. The van der Waals surface area contributed by atoms with Gasteiger partial charge in [0.1, 0.15) is 12.3 Å². The molecule has 0 radical (unpaired) electrons. The molecule has 0 aliphatic carbocycles. The molecule has 4 aromatic rings. The van der Waals surface area contributed by atoms with Crippen molar-refractivity contribution in [2.24, 2.45) is 0 Å². The normalized spacial score (nSPS) is 11.0. The molecule has 2 heterocycles. The van der Waals surface area contributed by atoms with E-state index in [1.807, 2.05) is 62.4 Å². The van der Waals surface area contributed by atoms with Crippen LogP contribution in [0.4, 0.5) is 0 Å². The van der Waals surface area contributed by atoms with Crippen molar-refractivity contribution in [2.75, 3.05) is 7.11 Å². The van der Waals surface area contributed by atoms with E-state index in [2.05, 4.69) is 15.0 Å². The van der Waals surface area contributed by atoms with Crippen LogP contribution in [-0.2, 0) is 24.4 Å². The molecule has 0 fully saturated rings. The third-order valence-corrected chi connectivity index (χ3v) is 6.05. The van der Waals surface area contributed by atoms with Gasteiger partial charge in [0.05, 0.1) is 18.7 Å². The lowest BCUT2D eigenvalue weighted by Gasteiger charge is -2.09. The van der Waals surface area contributed by atoms with Crippen LogP contribution in [-0.4, -0.2) is 27.4 Å². The summed E-state index contributed by atoms with van der Waals surface area (Å²) >= 11 is 5.99. The lowest BCUT2D eigenvalue weighted by molar-refractivity contribution is -0.122. The second-order valence-corrected chi connectivity index (χ2v) is 8.34. The Morgan fingerprint density at radius 1 is 1.03 bits per heavy atom. The van der Waals surface area contributed by atoms with Crippen molar-refractivity contribution in [1.82, 2.24) is 19.7 Å². The maximum Gasteiger partial charge on any atom is 0.276 e. The van der Waals surface area contributed by atoms with Gasteiger partial charge in [0.25, 0.3) is 5.56 Å². The van der Waals surface area contributed by atoms with E-state index in [0.29, 0.717) is 23.5 Å². The summed E-state index contributed by atoms with van der Waals surface area (Å²) in [4.78, 5) is 25.6. The summed E-state index contributed by atoms with van der Waals surface area (Å²) in [7, 11) is 1.60. The number of rotatable bonds is 7. The minimum atomic E-state index is -0.283. The van der Waals surface area contributed by atoms with Gasteiger partial charge in [0.15, 0.2) is 0 Å². The number of carbonyl (C=O) groups is 1. The molecule has 0 saturated carbocycles. The zero-order valence-corrected chi connectivity index (χ0v) is 19.5. The number of aryl methyl sites for hydroxylation is 2. The maximum absolute atomic E-state index is 13.2. The van der Waals surface area contributed by atoms with E-state index in [-0.39, 0.29) is 18.0 Å². The third-order valence-electron chi connectivity index (χ3n) is 5.80. The standard InChI is InChI=1S/C25H25ClN4O3/c1-16-22-13-28-30(15-23(31)27-12-18-6-10-21(33-3)11-7-18)25(32)24(22)17(2)29(16)14-19-4-8-20(26)9-5-19/h4-11,13H,12,14-15H2,1-3H3,(H,27,31). The Balaban J connectivity index is 1.53. The molecule has 2 aromatic carbocycles. The van der Waals surface area contributed by atoms with E-state index in [4.69, 9.17) is 16.3 Å². The number of hydrogen-bond donors (Lipinski definition) is 1. The zero-order chi connectivity index (χ0) is 23.5. The number of ether oxygens (including phenoxy) is 1. The topological polar surface area (TPSA) is 78.2 Å². The van der Waals surface area contributed by atoms with E-state index in [0.717, 1.165) is 33.7 Å². The molecular formula is C25H25ClN4O3. The van der Waals surface area contributed by atoms with Crippen LogP contribution in [0.2, 0.25) is 5.02 Å².